The van der Waals surface area contributed by atoms with Crippen LogP contribution in [0.2, 0.25) is 0 Å². The van der Waals surface area contributed by atoms with E-state index in [2.05, 4.69) is 45.5 Å². The minimum atomic E-state index is -0.0863. The summed E-state index contributed by atoms with van der Waals surface area (Å²) < 4.78 is 5.58. The molecule has 4 rings (SSSR count). The number of rotatable bonds is 5. The third-order valence-corrected chi connectivity index (χ3v) is 6.15. The van der Waals surface area contributed by atoms with Crippen molar-refractivity contribution < 1.29 is 9.53 Å². The zero-order chi connectivity index (χ0) is 17.1. The van der Waals surface area contributed by atoms with Gasteiger partial charge in [-0.15, -0.1) is 11.3 Å². The number of hydrogen-bond donors (Lipinski definition) is 0. The van der Waals surface area contributed by atoms with E-state index in [1.54, 1.807) is 0 Å². The average molecular weight is 356 g/mol. The van der Waals surface area contributed by atoms with Gasteiger partial charge in [-0.2, -0.15) is 0 Å². The van der Waals surface area contributed by atoms with Gasteiger partial charge >= 0.3 is 5.97 Å². The average Bonchev–Trinajstić information content (AvgIpc) is 3.30. The van der Waals surface area contributed by atoms with E-state index in [1.807, 2.05) is 17.4 Å². The Morgan fingerprint density at radius 2 is 2.08 bits per heavy atom. The molecule has 3 heterocycles. The first-order valence-corrected chi connectivity index (χ1v) is 9.89. The van der Waals surface area contributed by atoms with Crippen LogP contribution in [0.3, 0.4) is 0 Å². The number of para-hydroxylation sites is 1. The van der Waals surface area contributed by atoms with Gasteiger partial charge in [0.25, 0.3) is 0 Å². The number of thiophene rings is 1. The molecule has 0 saturated carbocycles. The third-order valence-electron chi connectivity index (χ3n) is 5.13. The highest BCUT2D eigenvalue weighted by Crippen LogP contribution is 2.25. The van der Waals surface area contributed by atoms with Gasteiger partial charge in [-0.1, -0.05) is 18.2 Å². The van der Waals surface area contributed by atoms with Gasteiger partial charge < -0.3 is 9.64 Å². The van der Waals surface area contributed by atoms with Crippen LogP contribution in [-0.4, -0.2) is 43.7 Å². The summed E-state index contributed by atoms with van der Waals surface area (Å²) in [5.74, 6) is 0.353. The maximum absolute atomic E-state index is 12.2. The maximum Gasteiger partial charge on any atom is 0.320 e. The molecule has 4 nitrogen and oxygen atoms in total. The van der Waals surface area contributed by atoms with Crippen molar-refractivity contribution in [1.82, 2.24) is 4.90 Å². The molecular formula is C20H24N2O2S. The van der Waals surface area contributed by atoms with Crippen LogP contribution in [-0.2, 0) is 22.5 Å². The number of ether oxygens (including phenoxy) is 1. The Hall–Kier alpha value is -1.85. The van der Waals surface area contributed by atoms with E-state index >= 15 is 0 Å². The van der Waals surface area contributed by atoms with Crippen LogP contribution < -0.4 is 4.90 Å². The Kier molecular flexibility index (Phi) is 5.04. The monoisotopic (exact) mass is 356 g/mol. The lowest BCUT2D eigenvalue weighted by Crippen LogP contribution is -2.35. The number of carbonyl (C=O) groups is 1. The standard InChI is InChI=1S/C20H24N2O2S/c23-20(14-21-9-7-19-17(13-21)8-11-25-19)24-15-16-6-10-22(12-16)18-4-2-1-3-5-18/h1-5,8,11,16H,6-7,9-10,12-15H2. The molecule has 0 amide bonds. The number of benzene rings is 1. The highest BCUT2D eigenvalue weighted by molar-refractivity contribution is 7.10. The van der Waals surface area contributed by atoms with E-state index in [4.69, 9.17) is 4.74 Å². The molecule has 0 radical (unpaired) electrons. The van der Waals surface area contributed by atoms with Gasteiger partial charge in [-0.05, 0) is 42.0 Å². The van der Waals surface area contributed by atoms with Crippen LogP contribution in [0.15, 0.2) is 41.8 Å². The summed E-state index contributed by atoms with van der Waals surface area (Å²) in [5, 5.41) is 2.14. The van der Waals surface area contributed by atoms with Gasteiger partial charge in [0.2, 0.25) is 0 Å². The van der Waals surface area contributed by atoms with E-state index in [-0.39, 0.29) is 5.97 Å². The predicted octanol–water partition coefficient (Wildman–Crippen LogP) is 3.18. The van der Waals surface area contributed by atoms with E-state index in [1.165, 1.54) is 16.1 Å². The van der Waals surface area contributed by atoms with Crippen LogP contribution in [0.1, 0.15) is 16.9 Å². The topological polar surface area (TPSA) is 32.8 Å². The summed E-state index contributed by atoms with van der Waals surface area (Å²) in [5.41, 5.74) is 2.63. The fraction of sp³-hybridized carbons (Fsp3) is 0.450. The van der Waals surface area contributed by atoms with Gasteiger partial charge in [0.05, 0.1) is 13.2 Å². The molecule has 5 heteroatoms. The lowest BCUT2D eigenvalue weighted by atomic mass is 10.1. The third kappa shape index (κ3) is 4.05. The second-order valence-electron chi connectivity index (χ2n) is 6.95. The van der Waals surface area contributed by atoms with Crippen molar-refractivity contribution in [3.8, 4) is 0 Å². The summed E-state index contributed by atoms with van der Waals surface area (Å²) in [6.07, 6.45) is 2.14. The number of nitrogens with zero attached hydrogens (tertiary/aromatic N) is 2. The molecule has 2 aliphatic rings. The molecule has 0 aliphatic carbocycles. The zero-order valence-electron chi connectivity index (χ0n) is 14.4. The fourth-order valence-electron chi connectivity index (χ4n) is 3.72. The second-order valence-corrected chi connectivity index (χ2v) is 7.95. The van der Waals surface area contributed by atoms with Crippen LogP contribution in [0, 0.1) is 5.92 Å². The minimum Gasteiger partial charge on any atom is -0.464 e. The van der Waals surface area contributed by atoms with Crippen molar-refractivity contribution in [2.45, 2.75) is 19.4 Å². The van der Waals surface area contributed by atoms with E-state index < -0.39 is 0 Å². The smallest absolute Gasteiger partial charge is 0.320 e. The molecule has 1 atom stereocenters. The SMILES string of the molecule is O=C(CN1CCc2sccc2C1)OCC1CCN(c2ccccc2)C1. The summed E-state index contributed by atoms with van der Waals surface area (Å²) in [6.45, 7) is 4.79. The molecule has 0 N–H and O–H groups in total. The Morgan fingerprint density at radius 3 is 2.96 bits per heavy atom. The molecular weight excluding hydrogens is 332 g/mol. The van der Waals surface area contributed by atoms with E-state index in [0.717, 1.165) is 39.0 Å². The molecule has 1 aromatic carbocycles. The number of fused-ring (bicyclic) bond motifs is 1. The quantitative estimate of drug-likeness (QED) is 0.771. The fourth-order valence-corrected chi connectivity index (χ4v) is 4.61. The lowest BCUT2D eigenvalue weighted by molar-refractivity contribution is -0.146. The number of hydrogen-bond acceptors (Lipinski definition) is 5. The second kappa shape index (κ2) is 7.58. The first kappa shape index (κ1) is 16.6. The molecule has 25 heavy (non-hydrogen) atoms. The van der Waals surface area contributed by atoms with Crippen LogP contribution in [0.25, 0.3) is 0 Å². The summed E-state index contributed by atoms with van der Waals surface area (Å²) in [7, 11) is 0. The molecule has 1 unspecified atom stereocenters. The van der Waals surface area contributed by atoms with E-state index in [9.17, 15) is 4.79 Å². The molecule has 2 aromatic rings. The summed E-state index contributed by atoms with van der Waals surface area (Å²) in [6, 6.07) is 12.6. The number of esters is 1. The van der Waals surface area contributed by atoms with Crippen molar-refractivity contribution >= 4 is 23.0 Å². The van der Waals surface area contributed by atoms with Gasteiger partial charge in [0, 0.05) is 42.7 Å². The zero-order valence-corrected chi connectivity index (χ0v) is 15.2. The van der Waals surface area contributed by atoms with Crippen LogP contribution in [0.5, 0.6) is 0 Å². The Bertz CT molecular complexity index is 715. The highest BCUT2D eigenvalue weighted by atomic mass is 32.1. The molecule has 2 aliphatic heterocycles. The first-order valence-electron chi connectivity index (χ1n) is 9.01. The van der Waals surface area contributed by atoms with Crippen molar-refractivity contribution in [3.05, 3.63) is 52.2 Å². The Balaban J connectivity index is 1.21. The van der Waals surface area contributed by atoms with Crippen molar-refractivity contribution in [1.29, 1.82) is 0 Å². The van der Waals surface area contributed by atoms with Crippen molar-refractivity contribution in [2.24, 2.45) is 5.92 Å². The van der Waals surface area contributed by atoms with Gasteiger partial charge in [-0.3, -0.25) is 9.69 Å². The molecule has 132 valence electrons. The van der Waals surface area contributed by atoms with Crippen molar-refractivity contribution in [2.75, 3.05) is 37.7 Å². The van der Waals surface area contributed by atoms with Crippen molar-refractivity contribution in [3.63, 3.8) is 0 Å². The van der Waals surface area contributed by atoms with Gasteiger partial charge in [0.1, 0.15) is 0 Å². The molecule has 0 spiro atoms. The summed E-state index contributed by atoms with van der Waals surface area (Å²) in [4.78, 5) is 18.2. The van der Waals surface area contributed by atoms with E-state index in [0.29, 0.717) is 19.1 Å². The predicted molar refractivity (Wildman–Crippen MR) is 101 cm³/mol. The number of carbonyl (C=O) groups excluding carboxylic acids is 1. The molecule has 1 aromatic heterocycles. The Labute approximate surface area is 153 Å². The van der Waals surface area contributed by atoms with Gasteiger partial charge in [0.15, 0.2) is 0 Å². The Morgan fingerprint density at radius 1 is 1.20 bits per heavy atom. The summed E-state index contributed by atoms with van der Waals surface area (Å²) >= 11 is 1.82. The molecule has 0 bridgehead atoms. The molecule has 1 fully saturated rings. The normalized spacial score (nSPS) is 20.5. The van der Waals surface area contributed by atoms with Crippen LogP contribution in [0.4, 0.5) is 5.69 Å². The maximum atomic E-state index is 12.2. The first-order chi connectivity index (χ1) is 12.3. The van der Waals surface area contributed by atoms with Crippen LogP contribution >= 0.6 is 11.3 Å². The lowest BCUT2D eigenvalue weighted by Gasteiger charge is -2.26. The largest absolute Gasteiger partial charge is 0.464 e. The number of anilines is 1. The molecule has 1 saturated heterocycles. The van der Waals surface area contributed by atoms with Gasteiger partial charge in [-0.25, -0.2) is 0 Å². The highest BCUT2D eigenvalue weighted by Gasteiger charge is 2.25. The minimum absolute atomic E-state index is 0.0863.